The molecule has 35 heavy (non-hydrogen) atoms. The van der Waals surface area contributed by atoms with Crippen molar-refractivity contribution in [3.05, 3.63) is 69.6 Å². The van der Waals surface area contributed by atoms with Gasteiger partial charge in [-0.15, -0.1) is 0 Å². The van der Waals surface area contributed by atoms with Gasteiger partial charge in [0.05, 0.1) is 21.9 Å². The molecule has 1 N–H and O–H groups in total. The van der Waals surface area contributed by atoms with Crippen LogP contribution in [0.2, 0.25) is 0 Å². The first-order chi connectivity index (χ1) is 16.8. The number of aromatic nitrogens is 2. The molecule has 2 aliphatic rings. The van der Waals surface area contributed by atoms with Crippen molar-refractivity contribution in [3.63, 3.8) is 0 Å². The Morgan fingerprint density at radius 1 is 1.20 bits per heavy atom. The average molecular weight is 492 g/mol. The molecule has 180 valence electrons. The number of rotatable bonds is 7. The first-order valence-corrected chi connectivity index (χ1v) is 13.2. The molecular weight excluding hydrogens is 466 g/mol. The Hall–Kier alpha value is -3.71. The Balaban J connectivity index is 1.44. The molecule has 1 aliphatic heterocycles. The first kappa shape index (κ1) is 23.1. The Kier molecular flexibility index (Phi) is 5.60. The van der Waals surface area contributed by atoms with Crippen LogP contribution >= 0.6 is 0 Å². The van der Waals surface area contributed by atoms with Gasteiger partial charge >= 0.3 is 0 Å². The molecule has 5 rings (SSSR count). The van der Waals surface area contributed by atoms with Crippen LogP contribution in [0.4, 0.5) is 5.82 Å². The molecular formula is C25H25N5O4S. The second-order valence-electron chi connectivity index (χ2n) is 9.09. The molecule has 1 aromatic carbocycles. The van der Waals surface area contributed by atoms with Crippen LogP contribution in [-0.4, -0.2) is 47.5 Å². The van der Waals surface area contributed by atoms with E-state index >= 15 is 0 Å². The Morgan fingerprint density at radius 2 is 1.94 bits per heavy atom. The number of benzene rings is 1. The lowest BCUT2D eigenvalue weighted by atomic mass is 10.1. The number of anilines is 1. The third-order valence-corrected chi connectivity index (χ3v) is 9.60. The van der Waals surface area contributed by atoms with E-state index in [1.165, 1.54) is 0 Å². The van der Waals surface area contributed by atoms with Crippen LogP contribution in [0.25, 0.3) is 10.9 Å². The number of hydrogen-bond donors (Lipinski definition) is 1. The summed E-state index contributed by atoms with van der Waals surface area (Å²) < 4.78 is 26.1. The summed E-state index contributed by atoms with van der Waals surface area (Å²) in [5, 5.41) is 12.4. The summed E-state index contributed by atoms with van der Waals surface area (Å²) in [6, 6.07) is 12.2. The van der Waals surface area contributed by atoms with E-state index < -0.39 is 26.1 Å². The fourth-order valence-electron chi connectivity index (χ4n) is 4.74. The summed E-state index contributed by atoms with van der Waals surface area (Å²) in [5.74, 6) is 0.208. The van der Waals surface area contributed by atoms with Crippen LogP contribution in [0.1, 0.15) is 41.3 Å². The van der Waals surface area contributed by atoms with E-state index in [9.17, 15) is 18.0 Å². The van der Waals surface area contributed by atoms with Crippen molar-refractivity contribution in [2.24, 2.45) is 0 Å². The molecule has 1 aliphatic carbocycles. The molecule has 0 radical (unpaired) electrons. The molecule has 10 heteroatoms. The van der Waals surface area contributed by atoms with Crippen LogP contribution in [0, 0.1) is 11.3 Å². The standard InChI is InChI=1S/C25H25N5O4S/c1-2-35(33,34)25(8-9-25)16-29-11-12-30-21-19(7-10-27-22(21)29)13-20(24(30)32)23(31)28-15-18-5-3-17(14-26)4-6-18/h3-7,10,13H,2,8-9,11-12,15-16H2,1H3,(H,28,31). The second kappa shape index (κ2) is 8.50. The second-order valence-corrected chi connectivity index (χ2v) is 11.8. The topological polar surface area (TPSA) is 125 Å². The number of carbonyl (C=O) groups excluding carboxylic acids is 1. The highest BCUT2D eigenvalue weighted by molar-refractivity contribution is 7.93. The van der Waals surface area contributed by atoms with E-state index in [0.29, 0.717) is 54.8 Å². The lowest BCUT2D eigenvalue weighted by molar-refractivity contribution is 0.0949. The first-order valence-electron chi connectivity index (χ1n) is 11.6. The smallest absolute Gasteiger partial charge is 0.264 e. The normalized spacial score (nSPS) is 16.1. The average Bonchev–Trinajstić information content (AvgIpc) is 3.67. The summed E-state index contributed by atoms with van der Waals surface area (Å²) in [6.45, 7) is 3.04. The van der Waals surface area contributed by atoms with Crippen LogP contribution in [0.15, 0.2) is 47.4 Å². The largest absolute Gasteiger partial charge is 0.351 e. The minimum Gasteiger partial charge on any atom is -0.351 e. The minimum absolute atomic E-state index is 0.0453. The highest BCUT2D eigenvalue weighted by atomic mass is 32.2. The van der Waals surface area contributed by atoms with Gasteiger partial charge in [0.15, 0.2) is 15.7 Å². The molecule has 1 amide bonds. The Labute approximate surface area is 202 Å². The third kappa shape index (κ3) is 3.96. The quantitative estimate of drug-likeness (QED) is 0.536. The Bertz CT molecular complexity index is 1530. The minimum atomic E-state index is -3.20. The molecule has 0 atom stereocenters. The van der Waals surface area contributed by atoms with E-state index in [4.69, 9.17) is 5.26 Å². The summed E-state index contributed by atoms with van der Waals surface area (Å²) in [7, 11) is -3.20. The van der Waals surface area contributed by atoms with Crippen molar-refractivity contribution in [2.75, 3.05) is 23.7 Å². The number of pyridine rings is 2. The van der Waals surface area contributed by atoms with Crippen LogP contribution < -0.4 is 15.8 Å². The van der Waals surface area contributed by atoms with Gasteiger partial charge in [-0.1, -0.05) is 19.1 Å². The zero-order valence-electron chi connectivity index (χ0n) is 19.3. The zero-order valence-corrected chi connectivity index (χ0v) is 20.1. The monoisotopic (exact) mass is 491 g/mol. The SMILES string of the molecule is CCS(=O)(=O)C1(CN2CCn3c(=O)c(C(=O)NCc4ccc(C#N)cc4)cc4ccnc2c43)CC1. The van der Waals surface area contributed by atoms with Crippen LogP contribution in [-0.2, 0) is 22.9 Å². The predicted molar refractivity (Wildman–Crippen MR) is 132 cm³/mol. The van der Waals surface area contributed by atoms with Crippen molar-refractivity contribution < 1.29 is 13.2 Å². The molecule has 2 aromatic heterocycles. The van der Waals surface area contributed by atoms with Crippen molar-refractivity contribution >= 4 is 32.5 Å². The van der Waals surface area contributed by atoms with Gasteiger partial charge in [0.2, 0.25) is 0 Å². The summed E-state index contributed by atoms with van der Waals surface area (Å²) in [6.07, 6.45) is 2.90. The number of carbonyl (C=O) groups is 1. The predicted octanol–water partition coefficient (Wildman–Crippen LogP) is 1.99. The maximum absolute atomic E-state index is 13.3. The van der Waals surface area contributed by atoms with E-state index in [2.05, 4.69) is 16.4 Å². The molecule has 0 spiro atoms. The number of sulfone groups is 1. The van der Waals surface area contributed by atoms with Crippen molar-refractivity contribution in [1.82, 2.24) is 14.9 Å². The van der Waals surface area contributed by atoms with E-state index in [-0.39, 0.29) is 17.9 Å². The molecule has 3 aromatic rings. The Morgan fingerprint density at radius 3 is 2.60 bits per heavy atom. The summed E-state index contributed by atoms with van der Waals surface area (Å²) >= 11 is 0. The molecule has 3 heterocycles. The highest BCUT2D eigenvalue weighted by Gasteiger charge is 2.54. The number of hydrogen-bond acceptors (Lipinski definition) is 7. The van der Waals surface area contributed by atoms with Gasteiger partial charge in [-0.3, -0.25) is 9.59 Å². The van der Waals surface area contributed by atoms with Crippen molar-refractivity contribution in [2.45, 2.75) is 37.6 Å². The lowest BCUT2D eigenvalue weighted by Gasteiger charge is -2.33. The van der Waals surface area contributed by atoms with Gasteiger partial charge in [-0.25, -0.2) is 13.4 Å². The lowest BCUT2D eigenvalue weighted by Crippen LogP contribution is -2.45. The summed E-state index contributed by atoms with van der Waals surface area (Å²) in [4.78, 5) is 32.6. The van der Waals surface area contributed by atoms with Gasteiger partial charge in [0.1, 0.15) is 5.56 Å². The van der Waals surface area contributed by atoms with E-state index in [0.717, 1.165) is 5.56 Å². The summed E-state index contributed by atoms with van der Waals surface area (Å²) in [5.41, 5.74) is 1.62. The van der Waals surface area contributed by atoms with Gasteiger partial charge in [-0.2, -0.15) is 5.26 Å². The molecule has 0 unspecified atom stereocenters. The molecule has 0 bridgehead atoms. The molecule has 1 fully saturated rings. The van der Waals surface area contributed by atoms with Crippen molar-refractivity contribution in [3.8, 4) is 6.07 Å². The van der Waals surface area contributed by atoms with Crippen molar-refractivity contribution in [1.29, 1.82) is 5.26 Å². The third-order valence-electron chi connectivity index (χ3n) is 6.98. The fraction of sp³-hybridized carbons (Fsp3) is 0.360. The molecule has 9 nitrogen and oxygen atoms in total. The number of nitriles is 1. The van der Waals surface area contributed by atoms with Gasteiger partial charge in [0, 0.05) is 43.5 Å². The molecule has 1 saturated carbocycles. The van der Waals surface area contributed by atoms with E-state index in [1.807, 2.05) is 4.90 Å². The van der Waals surface area contributed by atoms with Gasteiger partial charge in [0.25, 0.3) is 11.5 Å². The molecule has 0 saturated heterocycles. The number of nitrogens with zero attached hydrogens (tertiary/aromatic N) is 4. The van der Waals surface area contributed by atoms with Crippen LogP contribution in [0.5, 0.6) is 0 Å². The zero-order chi connectivity index (χ0) is 24.8. The van der Waals surface area contributed by atoms with Gasteiger partial charge < -0.3 is 14.8 Å². The van der Waals surface area contributed by atoms with E-state index in [1.54, 1.807) is 54.1 Å². The van der Waals surface area contributed by atoms with Crippen LogP contribution in [0.3, 0.4) is 0 Å². The maximum Gasteiger partial charge on any atom is 0.264 e. The fourth-order valence-corrected chi connectivity index (χ4v) is 6.43. The maximum atomic E-state index is 13.3. The number of nitrogens with one attached hydrogen (secondary N) is 1. The number of amides is 1. The van der Waals surface area contributed by atoms with Gasteiger partial charge in [-0.05, 0) is 42.7 Å². The highest BCUT2D eigenvalue weighted by Crippen LogP contribution is 2.45.